The van der Waals surface area contributed by atoms with Gasteiger partial charge in [0, 0.05) is 38.8 Å². The molecule has 5 heteroatoms. The van der Waals surface area contributed by atoms with E-state index in [2.05, 4.69) is 52.0 Å². The number of hydrogen-bond donors (Lipinski definition) is 1. The standard InChI is InChI=1S/C14H25N5/c1-11(2)18(4)13-10-14(17-12(3)16-13)19-8-5-6-15-7-9-19/h10-11,15H,5-9H2,1-4H3. The van der Waals surface area contributed by atoms with E-state index in [9.17, 15) is 0 Å². The number of nitrogens with zero attached hydrogens (tertiary/aromatic N) is 4. The smallest absolute Gasteiger partial charge is 0.134 e. The number of aromatic nitrogens is 2. The summed E-state index contributed by atoms with van der Waals surface area (Å²) in [6, 6.07) is 2.55. The van der Waals surface area contributed by atoms with Gasteiger partial charge >= 0.3 is 0 Å². The SMILES string of the molecule is Cc1nc(N2CCCNCC2)cc(N(C)C(C)C)n1. The van der Waals surface area contributed by atoms with E-state index >= 15 is 0 Å². The molecule has 19 heavy (non-hydrogen) atoms. The van der Waals surface area contributed by atoms with Crippen LogP contribution in [0.15, 0.2) is 6.07 Å². The van der Waals surface area contributed by atoms with Crippen LogP contribution >= 0.6 is 0 Å². The molecule has 0 bridgehead atoms. The summed E-state index contributed by atoms with van der Waals surface area (Å²) in [7, 11) is 2.08. The molecule has 0 aliphatic carbocycles. The Hall–Kier alpha value is -1.36. The van der Waals surface area contributed by atoms with Crippen LogP contribution in [0.5, 0.6) is 0 Å². The lowest BCUT2D eigenvalue weighted by Gasteiger charge is -2.26. The molecule has 0 atom stereocenters. The van der Waals surface area contributed by atoms with E-state index in [1.165, 1.54) is 6.42 Å². The number of aryl methyl sites for hydroxylation is 1. The Bertz CT molecular complexity index is 410. The van der Waals surface area contributed by atoms with Gasteiger partial charge in [-0.2, -0.15) is 0 Å². The first kappa shape index (κ1) is 14.1. The minimum absolute atomic E-state index is 0.438. The van der Waals surface area contributed by atoms with Crippen LogP contribution in [0.3, 0.4) is 0 Å². The molecule has 2 heterocycles. The fourth-order valence-electron chi connectivity index (χ4n) is 2.22. The van der Waals surface area contributed by atoms with E-state index in [1.807, 2.05) is 6.92 Å². The molecular formula is C14H25N5. The molecule has 1 aromatic rings. The third-order valence-electron chi connectivity index (χ3n) is 3.61. The quantitative estimate of drug-likeness (QED) is 0.894. The van der Waals surface area contributed by atoms with Crippen molar-refractivity contribution < 1.29 is 0 Å². The Morgan fingerprint density at radius 3 is 2.79 bits per heavy atom. The molecular weight excluding hydrogens is 238 g/mol. The molecule has 1 fully saturated rings. The Morgan fingerprint density at radius 2 is 2.05 bits per heavy atom. The molecule has 0 saturated carbocycles. The zero-order valence-corrected chi connectivity index (χ0v) is 12.5. The maximum Gasteiger partial charge on any atom is 0.134 e. The van der Waals surface area contributed by atoms with Gasteiger partial charge in [0.05, 0.1) is 0 Å². The van der Waals surface area contributed by atoms with Crippen molar-refractivity contribution in [1.29, 1.82) is 0 Å². The maximum atomic E-state index is 4.60. The molecule has 1 aromatic heterocycles. The number of hydrogen-bond acceptors (Lipinski definition) is 5. The minimum Gasteiger partial charge on any atom is -0.357 e. The van der Waals surface area contributed by atoms with Crippen molar-refractivity contribution in [2.45, 2.75) is 33.2 Å². The Labute approximate surface area is 116 Å². The minimum atomic E-state index is 0.438. The first-order valence-corrected chi connectivity index (χ1v) is 7.12. The van der Waals surface area contributed by atoms with Crippen LogP contribution in [0.1, 0.15) is 26.1 Å². The van der Waals surface area contributed by atoms with Gasteiger partial charge in [-0.05, 0) is 33.7 Å². The Balaban J connectivity index is 2.24. The number of rotatable bonds is 3. The van der Waals surface area contributed by atoms with Crippen LogP contribution in [-0.4, -0.2) is 49.2 Å². The van der Waals surface area contributed by atoms with Crippen LogP contribution in [-0.2, 0) is 0 Å². The van der Waals surface area contributed by atoms with Crippen LogP contribution in [0, 0.1) is 6.92 Å². The highest BCUT2D eigenvalue weighted by molar-refractivity contribution is 5.51. The molecule has 106 valence electrons. The van der Waals surface area contributed by atoms with Crippen molar-refractivity contribution in [3.8, 4) is 0 Å². The van der Waals surface area contributed by atoms with Crippen molar-refractivity contribution in [1.82, 2.24) is 15.3 Å². The van der Waals surface area contributed by atoms with Crippen LogP contribution in [0.25, 0.3) is 0 Å². The van der Waals surface area contributed by atoms with Crippen LogP contribution in [0.4, 0.5) is 11.6 Å². The largest absolute Gasteiger partial charge is 0.357 e. The van der Waals surface area contributed by atoms with Gasteiger partial charge in [0.15, 0.2) is 0 Å². The summed E-state index contributed by atoms with van der Waals surface area (Å²) in [5, 5.41) is 3.42. The summed E-state index contributed by atoms with van der Waals surface area (Å²) in [5.74, 6) is 2.91. The average molecular weight is 263 g/mol. The summed E-state index contributed by atoms with van der Waals surface area (Å²) >= 11 is 0. The molecule has 5 nitrogen and oxygen atoms in total. The molecule has 0 aromatic carbocycles. The second-order valence-corrected chi connectivity index (χ2v) is 5.43. The third-order valence-corrected chi connectivity index (χ3v) is 3.61. The summed E-state index contributed by atoms with van der Waals surface area (Å²) in [6.07, 6.45) is 1.17. The maximum absolute atomic E-state index is 4.60. The summed E-state index contributed by atoms with van der Waals surface area (Å²) in [5.41, 5.74) is 0. The van der Waals surface area contributed by atoms with E-state index in [-0.39, 0.29) is 0 Å². The predicted octanol–water partition coefficient (Wildman–Crippen LogP) is 1.43. The predicted molar refractivity (Wildman–Crippen MR) is 80.0 cm³/mol. The molecule has 1 aliphatic rings. The zero-order valence-electron chi connectivity index (χ0n) is 12.5. The first-order chi connectivity index (χ1) is 9.08. The van der Waals surface area contributed by atoms with Gasteiger partial charge < -0.3 is 15.1 Å². The summed E-state index contributed by atoms with van der Waals surface area (Å²) < 4.78 is 0. The van der Waals surface area contributed by atoms with Crippen molar-refractivity contribution in [2.75, 3.05) is 43.0 Å². The Morgan fingerprint density at radius 1 is 1.26 bits per heavy atom. The van der Waals surface area contributed by atoms with E-state index in [0.717, 1.165) is 43.6 Å². The van der Waals surface area contributed by atoms with Crippen LogP contribution in [0.2, 0.25) is 0 Å². The van der Waals surface area contributed by atoms with Gasteiger partial charge in [-0.25, -0.2) is 9.97 Å². The summed E-state index contributed by atoms with van der Waals surface area (Å²) in [6.45, 7) is 10.5. The summed E-state index contributed by atoms with van der Waals surface area (Å²) in [4.78, 5) is 13.7. The highest BCUT2D eigenvalue weighted by atomic mass is 15.2. The fourth-order valence-corrected chi connectivity index (χ4v) is 2.22. The topological polar surface area (TPSA) is 44.3 Å². The lowest BCUT2D eigenvalue weighted by atomic mass is 10.3. The normalized spacial score (nSPS) is 16.6. The van der Waals surface area contributed by atoms with E-state index in [4.69, 9.17) is 0 Å². The molecule has 0 radical (unpaired) electrons. The van der Waals surface area contributed by atoms with Gasteiger partial charge in [-0.1, -0.05) is 0 Å². The molecule has 0 unspecified atom stereocenters. The molecule has 2 rings (SSSR count). The monoisotopic (exact) mass is 263 g/mol. The first-order valence-electron chi connectivity index (χ1n) is 7.12. The molecule has 0 amide bonds. The second kappa shape index (κ2) is 6.19. The molecule has 1 N–H and O–H groups in total. The fraction of sp³-hybridized carbons (Fsp3) is 0.714. The molecule has 0 spiro atoms. The van der Waals surface area contributed by atoms with Crippen molar-refractivity contribution in [2.24, 2.45) is 0 Å². The number of anilines is 2. The van der Waals surface area contributed by atoms with E-state index in [0.29, 0.717) is 6.04 Å². The van der Waals surface area contributed by atoms with Gasteiger partial charge in [0.25, 0.3) is 0 Å². The van der Waals surface area contributed by atoms with Crippen molar-refractivity contribution >= 4 is 11.6 Å². The second-order valence-electron chi connectivity index (χ2n) is 5.43. The Kier molecular flexibility index (Phi) is 4.58. The van der Waals surface area contributed by atoms with Crippen LogP contribution < -0.4 is 15.1 Å². The molecule has 1 saturated heterocycles. The highest BCUT2D eigenvalue weighted by Gasteiger charge is 2.15. The van der Waals surface area contributed by atoms with Crippen molar-refractivity contribution in [3.05, 3.63) is 11.9 Å². The van der Waals surface area contributed by atoms with E-state index in [1.54, 1.807) is 0 Å². The number of nitrogens with one attached hydrogen (secondary N) is 1. The van der Waals surface area contributed by atoms with Gasteiger partial charge in [0.2, 0.25) is 0 Å². The van der Waals surface area contributed by atoms with E-state index < -0.39 is 0 Å². The highest BCUT2D eigenvalue weighted by Crippen LogP contribution is 2.20. The van der Waals surface area contributed by atoms with Crippen molar-refractivity contribution in [3.63, 3.8) is 0 Å². The lowest BCUT2D eigenvalue weighted by Crippen LogP contribution is -2.30. The lowest BCUT2D eigenvalue weighted by molar-refractivity contribution is 0.724. The molecule has 1 aliphatic heterocycles. The average Bonchev–Trinajstić information content (AvgIpc) is 2.65. The zero-order chi connectivity index (χ0) is 13.8. The van der Waals surface area contributed by atoms with Gasteiger partial charge in [-0.3, -0.25) is 0 Å². The van der Waals surface area contributed by atoms with Gasteiger partial charge in [0.1, 0.15) is 17.5 Å². The van der Waals surface area contributed by atoms with Gasteiger partial charge in [-0.15, -0.1) is 0 Å². The third kappa shape index (κ3) is 3.56.